The number of carbonyl (C=O) groups excluding carboxylic acids is 1. The van der Waals surface area contributed by atoms with Crippen LogP contribution in [0.5, 0.6) is 0 Å². The summed E-state index contributed by atoms with van der Waals surface area (Å²) < 4.78 is 41.0. The Bertz CT molecular complexity index is 834. The molecule has 1 fully saturated rings. The molecular formula is C17H15F3N2O3S. The lowest BCUT2D eigenvalue weighted by Crippen LogP contribution is -2.39. The summed E-state index contributed by atoms with van der Waals surface area (Å²) >= 11 is 1.66. The molecule has 0 atom stereocenters. The largest absolute Gasteiger partial charge is 0.339 e. The Morgan fingerprint density at radius 2 is 1.92 bits per heavy atom. The molecule has 1 amide bonds. The molecule has 26 heavy (non-hydrogen) atoms. The van der Waals surface area contributed by atoms with E-state index in [4.69, 9.17) is 0 Å². The van der Waals surface area contributed by atoms with E-state index in [0.717, 1.165) is 6.42 Å². The Morgan fingerprint density at radius 1 is 1.23 bits per heavy atom. The van der Waals surface area contributed by atoms with Crippen molar-refractivity contribution >= 4 is 22.9 Å². The van der Waals surface area contributed by atoms with Crippen LogP contribution in [0, 0.1) is 33.5 Å². The third-order valence-electron chi connectivity index (χ3n) is 4.53. The molecule has 1 saturated heterocycles. The molecule has 2 aromatic rings. The number of piperidine rings is 1. The number of benzene rings is 1. The van der Waals surface area contributed by atoms with Crippen molar-refractivity contribution in [1.29, 1.82) is 0 Å². The number of halogens is 3. The molecule has 1 aromatic heterocycles. The molecule has 0 spiro atoms. The molecule has 1 aliphatic rings. The highest BCUT2D eigenvalue weighted by molar-refractivity contribution is 7.09. The molecule has 0 unspecified atom stereocenters. The van der Waals surface area contributed by atoms with Crippen molar-refractivity contribution in [3.63, 3.8) is 0 Å². The van der Waals surface area contributed by atoms with Gasteiger partial charge in [-0.1, -0.05) is 6.07 Å². The second-order valence-corrected chi connectivity index (χ2v) is 7.19. The number of amides is 1. The van der Waals surface area contributed by atoms with Gasteiger partial charge in [0.2, 0.25) is 11.6 Å². The van der Waals surface area contributed by atoms with E-state index in [1.807, 2.05) is 17.5 Å². The van der Waals surface area contributed by atoms with Gasteiger partial charge in [-0.15, -0.1) is 11.3 Å². The Balaban J connectivity index is 1.73. The van der Waals surface area contributed by atoms with Gasteiger partial charge in [-0.25, -0.2) is 8.78 Å². The van der Waals surface area contributed by atoms with Gasteiger partial charge in [0.05, 0.1) is 10.5 Å². The standard InChI is InChI=1S/C17H15F3N2O3S/c18-14-12(9-13(22(24)25)15(19)16(14)20)17(23)21-5-3-10(4-6-21)8-11-2-1-7-26-11/h1-2,7,9-10H,3-6,8H2. The highest BCUT2D eigenvalue weighted by Gasteiger charge is 2.32. The molecular weight excluding hydrogens is 369 g/mol. The number of nitro groups is 1. The first-order chi connectivity index (χ1) is 12.4. The summed E-state index contributed by atoms with van der Waals surface area (Å²) in [6.07, 6.45) is 2.28. The predicted octanol–water partition coefficient (Wildman–Crippen LogP) is 4.17. The van der Waals surface area contributed by atoms with Crippen molar-refractivity contribution in [1.82, 2.24) is 4.90 Å². The van der Waals surface area contributed by atoms with E-state index in [0.29, 0.717) is 37.9 Å². The summed E-state index contributed by atoms with van der Waals surface area (Å²) in [7, 11) is 0. The fraction of sp³-hybridized carbons (Fsp3) is 0.353. The van der Waals surface area contributed by atoms with Crippen molar-refractivity contribution in [2.75, 3.05) is 13.1 Å². The average molecular weight is 384 g/mol. The normalized spacial score (nSPS) is 15.3. The first kappa shape index (κ1) is 18.4. The molecule has 3 rings (SSSR count). The summed E-state index contributed by atoms with van der Waals surface area (Å²) in [5.74, 6) is -6.09. The van der Waals surface area contributed by atoms with Crippen molar-refractivity contribution in [3.8, 4) is 0 Å². The number of nitro benzene ring substituents is 1. The maximum absolute atomic E-state index is 14.0. The van der Waals surface area contributed by atoms with Crippen molar-refractivity contribution in [3.05, 3.63) is 61.6 Å². The lowest BCUT2D eigenvalue weighted by atomic mass is 9.92. The molecule has 0 bridgehead atoms. The van der Waals surface area contributed by atoms with Crippen molar-refractivity contribution in [2.24, 2.45) is 5.92 Å². The van der Waals surface area contributed by atoms with Crippen LogP contribution in [0.15, 0.2) is 23.6 Å². The molecule has 0 radical (unpaired) electrons. The molecule has 5 nitrogen and oxygen atoms in total. The van der Waals surface area contributed by atoms with Crippen LogP contribution >= 0.6 is 11.3 Å². The quantitative estimate of drug-likeness (QED) is 0.452. The second-order valence-electron chi connectivity index (χ2n) is 6.16. The van der Waals surface area contributed by atoms with E-state index in [9.17, 15) is 28.1 Å². The third-order valence-corrected chi connectivity index (χ3v) is 5.43. The van der Waals surface area contributed by atoms with E-state index in [-0.39, 0.29) is 0 Å². The van der Waals surface area contributed by atoms with Crippen LogP contribution < -0.4 is 0 Å². The Labute approximate surface area is 151 Å². The van der Waals surface area contributed by atoms with E-state index in [2.05, 4.69) is 0 Å². The summed E-state index contributed by atoms with van der Waals surface area (Å²) in [4.78, 5) is 24.6. The monoisotopic (exact) mass is 384 g/mol. The number of carbonyl (C=O) groups is 1. The van der Waals surface area contributed by atoms with Crippen LogP contribution in [0.4, 0.5) is 18.9 Å². The van der Waals surface area contributed by atoms with Gasteiger partial charge in [-0.2, -0.15) is 4.39 Å². The van der Waals surface area contributed by atoms with E-state index >= 15 is 0 Å². The zero-order valence-corrected chi connectivity index (χ0v) is 14.4. The number of thiophene rings is 1. The maximum atomic E-state index is 14.0. The number of hydrogen-bond acceptors (Lipinski definition) is 4. The minimum absolute atomic E-state index is 0.334. The van der Waals surface area contributed by atoms with Crippen LogP contribution in [-0.4, -0.2) is 28.8 Å². The van der Waals surface area contributed by atoms with Crippen LogP contribution in [-0.2, 0) is 6.42 Å². The van der Waals surface area contributed by atoms with Gasteiger partial charge in [0.25, 0.3) is 5.91 Å². The summed E-state index contributed by atoms with van der Waals surface area (Å²) in [5, 5.41) is 12.8. The van der Waals surface area contributed by atoms with Crippen LogP contribution in [0.2, 0.25) is 0 Å². The molecule has 138 valence electrons. The van der Waals surface area contributed by atoms with Crippen molar-refractivity contribution in [2.45, 2.75) is 19.3 Å². The molecule has 1 aliphatic heterocycles. The lowest BCUT2D eigenvalue weighted by Gasteiger charge is -2.32. The average Bonchev–Trinajstić information content (AvgIpc) is 3.13. The van der Waals surface area contributed by atoms with Crippen molar-refractivity contribution < 1.29 is 22.9 Å². The van der Waals surface area contributed by atoms with Gasteiger partial charge in [0.15, 0.2) is 5.82 Å². The van der Waals surface area contributed by atoms with Gasteiger partial charge >= 0.3 is 5.69 Å². The highest BCUT2D eigenvalue weighted by Crippen LogP contribution is 2.28. The first-order valence-corrected chi connectivity index (χ1v) is 8.90. The molecule has 1 aromatic carbocycles. The number of hydrogen-bond donors (Lipinski definition) is 0. The van der Waals surface area contributed by atoms with Gasteiger partial charge in [-0.05, 0) is 36.6 Å². The predicted molar refractivity (Wildman–Crippen MR) is 89.6 cm³/mol. The minimum Gasteiger partial charge on any atom is -0.339 e. The summed E-state index contributed by atoms with van der Waals surface area (Å²) in [6, 6.07) is 4.48. The first-order valence-electron chi connectivity index (χ1n) is 8.02. The zero-order valence-electron chi connectivity index (χ0n) is 13.6. The second kappa shape index (κ2) is 7.45. The fourth-order valence-electron chi connectivity index (χ4n) is 3.10. The Kier molecular flexibility index (Phi) is 5.26. The Morgan fingerprint density at radius 3 is 2.50 bits per heavy atom. The fourth-order valence-corrected chi connectivity index (χ4v) is 3.92. The topological polar surface area (TPSA) is 63.4 Å². The molecule has 9 heteroatoms. The molecule has 2 heterocycles. The number of nitrogens with zero attached hydrogens (tertiary/aromatic N) is 2. The van der Waals surface area contributed by atoms with Crippen LogP contribution in [0.25, 0.3) is 0 Å². The van der Waals surface area contributed by atoms with E-state index in [1.54, 1.807) is 11.3 Å². The molecule has 0 N–H and O–H groups in total. The molecule has 0 aliphatic carbocycles. The maximum Gasteiger partial charge on any atom is 0.308 e. The van der Waals surface area contributed by atoms with Crippen LogP contribution in [0.3, 0.4) is 0 Å². The highest BCUT2D eigenvalue weighted by atomic mass is 32.1. The SMILES string of the molecule is O=C(c1cc([N+](=O)[O-])c(F)c(F)c1F)N1CCC(Cc2cccs2)CC1. The zero-order chi connectivity index (χ0) is 18.8. The van der Waals surface area contributed by atoms with E-state index in [1.165, 1.54) is 9.78 Å². The van der Waals surface area contributed by atoms with Gasteiger partial charge in [-0.3, -0.25) is 14.9 Å². The summed E-state index contributed by atoms with van der Waals surface area (Å²) in [6.45, 7) is 0.669. The van der Waals surface area contributed by atoms with Crippen LogP contribution in [0.1, 0.15) is 28.1 Å². The number of likely N-dealkylation sites (tertiary alicyclic amines) is 1. The van der Waals surface area contributed by atoms with Gasteiger partial charge in [0, 0.05) is 24.0 Å². The summed E-state index contributed by atoms with van der Waals surface area (Å²) in [5.41, 5.74) is -2.06. The van der Waals surface area contributed by atoms with Gasteiger partial charge < -0.3 is 4.90 Å². The number of rotatable bonds is 4. The lowest BCUT2D eigenvalue weighted by molar-refractivity contribution is -0.387. The smallest absolute Gasteiger partial charge is 0.308 e. The Hall–Kier alpha value is -2.42. The molecule has 0 saturated carbocycles. The minimum atomic E-state index is -2.00. The van der Waals surface area contributed by atoms with E-state index < -0.39 is 39.5 Å². The third kappa shape index (κ3) is 3.57. The van der Waals surface area contributed by atoms with Gasteiger partial charge in [0.1, 0.15) is 0 Å².